The molecular formula is C27H46O4. The van der Waals surface area contributed by atoms with Gasteiger partial charge in [-0.25, -0.2) is 0 Å². The topological polar surface area (TPSA) is 77.8 Å². The fraction of sp³-hybridized carbons (Fsp3) is 0.963. The predicted molar refractivity (Wildman–Crippen MR) is 122 cm³/mol. The number of rotatable bonds is 4. The molecule has 4 rings (SSSR count). The average Bonchev–Trinajstić information content (AvgIpc) is 2.94. The summed E-state index contributed by atoms with van der Waals surface area (Å²) in [5.74, 6) is 2.11. The smallest absolute Gasteiger partial charge is 0.306 e. The first-order valence-electron chi connectivity index (χ1n) is 13.1. The number of aliphatic hydroxyl groups excluding tert-OH is 2. The van der Waals surface area contributed by atoms with Crippen molar-refractivity contribution in [2.24, 2.45) is 58.2 Å². The molecule has 4 heteroatoms. The highest BCUT2D eigenvalue weighted by Gasteiger charge is 2.61. The summed E-state index contributed by atoms with van der Waals surface area (Å²) in [6, 6.07) is 0. The van der Waals surface area contributed by atoms with Crippen molar-refractivity contribution < 1.29 is 20.1 Å². The number of hydrogen-bond donors (Lipinski definition) is 3. The minimum Gasteiger partial charge on any atom is -0.481 e. The summed E-state index contributed by atoms with van der Waals surface area (Å²) in [7, 11) is 0. The zero-order valence-corrected chi connectivity index (χ0v) is 20.4. The maximum absolute atomic E-state index is 11.7. The molecule has 0 aliphatic heterocycles. The summed E-state index contributed by atoms with van der Waals surface area (Å²) in [5, 5.41) is 31.7. The first-order valence-corrected chi connectivity index (χ1v) is 13.1. The summed E-state index contributed by atoms with van der Waals surface area (Å²) in [4.78, 5) is 11.5. The Balaban J connectivity index is 1.62. The van der Waals surface area contributed by atoms with E-state index in [0.29, 0.717) is 35.5 Å². The van der Waals surface area contributed by atoms with Crippen LogP contribution < -0.4 is 0 Å². The third-order valence-corrected chi connectivity index (χ3v) is 11.2. The lowest BCUT2D eigenvalue weighted by Gasteiger charge is -2.55. The number of hydrogen-bond acceptors (Lipinski definition) is 3. The Hall–Kier alpha value is -0.610. The second kappa shape index (κ2) is 8.31. The van der Waals surface area contributed by atoms with Gasteiger partial charge < -0.3 is 15.3 Å². The minimum atomic E-state index is -0.679. The van der Waals surface area contributed by atoms with Crippen LogP contribution in [0.25, 0.3) is 0 Å². The van der Waals surface area contributed by atoms with Gasteiger partial charge in [-0.3, -0.25) is 4.79 Å². The van der Waals surface area contributed by atoms with E-state index in [0.717, 1.165) is 32.1 Å². The molecule has 4 nitrogen and oxygen atoms in total. The highest BCUT2D eigenvalue weighted by molar-refractivity contribution is 5.69. The van der Waals surface area contributed by atoms with E-state index in [1.54, 1.807) is 0 Å². The fourth-order valence-corrected chi connectivity index (χ4v) is 9.40. The second-order valence-electron chi connectivity index (χ2n) is 12.9. The van der Waals surface area contributed by atoms with E-state index < -0.39 is 5.97 Å². The number of aliphatic hydroxyl groups is 2. The van der Waals surface area contributed by atoms with Crippen molar-refractivity contribution in [2.75, 3.05) is 0 Å². The van der Waals surface area contributed by atoms with Crippen LogP contribution in [0.4, 0.5) is 0 Å². The van der Waals surface area contributed by atoms with Crippen LogP contribution in [0.5, 0.6) is 0 Å². The predicted octanol–water partition coefficient (Wildman–Crippen LogP) is 5.36. The highest BCUT2D eigenvalue weighted by Crippen LogP contribution is 2.67. The largest absolute Gasteiger partial charge is 0.481 e. The van der Waals surface area contributed by atoms with Crippen LogP contribution >= 0.6 is 0 Å². The molecule has 2 bridgehead atoms. The van der Waals surface area contributed by atoms with Gasteiger partial charge in [0.1, 0.15) is 0 Å². The molecule has 0 radical (unpaired) electrons. The van der Waals surface area contributed by atoms with Crippen molar-refractivity contribution >= 4 is 5.97 Å². The van der Waals surface area contributed by atoms with Crippen LogP contribution in [-0.2, 0) is 4.79 Å². The Morgan fingerprint density at radius 3 is 2.42 bits per heavy atom. The standard InChI is InChI=1S/C27H46O4/c1-15(12-16(2)25(30)31)20-6-7-22-23-21(9-11-27(20,22)5)26(4)10-8-19(28)13-18(14-26)17(3)24(23)29/h15-24,28-29H,6-14H2,1-5H3,(H,30,31)/t15-,16+,17-,18+,19-,20-,21?,22?,23?,24-,26+,27-/m1/s1. The van der Waals surface area contributed by atoms with Crippen LogP contribution in [0.15, 0.2) is 0 Å². The highest BCUT2D eigenvalue weighted by atomic mass is 16.4. The number of carboxylic acid groups (broad SMARTS) is 1. The van der Waals surface area contributed by atoms with Crippen molar-refractivity contribution in [3.8, 4) is 0 Å². The zero-order chi connectivity index (χ0) is 22.7. The van der Waals surface area contributed by atoms with Crippen molar-refractivity contribution in [1.82, 2.24) is 0 Å². The summed E-state index contributed by atoms with van der Waals surface area (Å²) in [5.41, 5.74) is 0.436. The van der Waals surface area contributed by atoms with E-state index in [4.69, 9.17) is 0 Å². The molecule has 0 aromatic carbocycles. The molecule has 0 spiro atoms. The Bertz CT molecular complexity index is 678. The van der Waals surface area contributed by atoms with Gasteiger partial charge in [-0.1, -0.05) is 34.6 Å². The van der Waals surface area contributed by atoms with Gasteiger partial charge in [0.2, 0.25) is 0 Å². The number of aliphatic carboxylic acids is 1. The van der Waals surface area contributed by atoms with Crippen LogP contribution in [0.3, 0.4) is 0 Å². The van der Waals surface area contributed by atoms with E-state index in [1.807, 2.05) is 6.92 Å². The molecule has 4 fully saturated rings. The lowest BCUT2D eigenvalue weighted by atomic mass is 9.50. The molecule has 0 aromatic heterocycles. The Morgan fingerprint density at radius 2 is 1.74 bits per heavy atom. The van der Waals surface area contributed by atoms with Gasteiger partial charge in [-0.2, -0.15) is 0 Å². The van der Waals surface area contributed by atoms with E-state index in [-0.39, 0.29) is 34.9 Å². The van der Waals surface area contributed by atoms with Gasteiger partial charge in [0.15, 0.2) is 0 Å². The lowest BCUT2D eigenvalue weighted by Crippen LogP contribution is -2.51. The maximum atomic E-state index is 11.7. The molecule has 4 saturated carbocycles. The Morgan fingerprint density at radius 1 is 1.03 bits per heavy atom. The van der Waals surface area contributed by atoms with Crippen molar-refractivity contribution in [2.45, 2.75) is 105 Å². The van der Waals surface area contributed by atoms with Crippen LogP contribution in [-0.4, -0.2) is 33.5 Å². The van der Waals surface area contributed by atoms with E-state index in [9.17, 15) is 20.1 Å². The van der Waals surface area contributed by atoms with Gasteiger partial charge in [-0.15, -0.1) is 0 Å². The monoisotopic (exact) mass is 434 g/mol. The summed E-state index contributed by atoms with van der Waals surface area (Å²) < 4.78 is 0. The summed E-state index contributed by atoms with van der Waals surface area (Å²) in [6.07, 6.45) is 9.02. The van der Waals surface area contributed by atoms with E-state index in [2.05, 4.69) is 27.7 Å². The molecule has 178 valence electrons. The molecule has 0 amide bonds. The number of fused-ring (bicyclic) bond motifs is 6. The molecule has 4 aliphatic rings. The van der Waals surface area contributed by atoms with Crippen LogP contribution in [0.1, 0.15) is 92.4 Å². The van der Waals surface area contributed by atoms with Gasteiger partial charge in [0.05, 0.1) is 18.1 Å². The summed E-state index contributed by atoms with van der Waals surface area (Å²) >= 11 is 0. The Labute approximate surface area is 189 Å². The fourth-order valence-electron chi connectivity index (χ4n) is 9.40. The van der Waals surface area contributed by atoms with Gasteiger partial charge in [-0.05, 0) is 110 Å². The number of carboxylic acids is 1. The third-order valence-electron chi connectivity index (χ3n) is 11.2. The molecule has 3 N–H and O–H groups in total. The molecule has 3 unspecified atom stereocenters. The van der Waals surface area contributed by atoms with Gasteiger partial charge >= 0.3 is 5.97 Å². The van der Waals surface area contributed by atoms with Crippen LogP contribution in [0.2, 0.25) is 0 Å². The maximum Gasteiger partial charge on any atom is 0.306 e. The normalized spacial score (nSPS) is 51.7. The van der Waals surface area contributed by atoms with Crippen molar-refractivity contribution in [3.63, 3.8) is 0 Å². The van der Waals surface area contributed by atoms with Crippen LogP contribution in [0, 0.1) is 58.2 Å². The molecular weight excluding hydrogens is 388 g/mol. The van der Waals surface area contributed by atoms with E-state index in [1.165, 1.54) is 25.7 Å². The van der Waals surface area contributed by atoms with Crippen molar-refractivity contribution in [3.05, 3.63) is 0 Å². The van der Waals surface area contributed by atoms with E-state index >= 15 is 0 Å². The molecule has 0 saturated heterocycles. The molecule has 0 aromatic rings. The molecule has 12 atom stereocenters. The Kier molecular flexibility index (Phi) is 6.31. The number of carbonyl (C=O) groups is 1. The third kappa shape index (κ3) is 3.88. The van der Waals surface area contributed by atoms with Crippen molar-refractivity contribution in [1.29, 1.82) is 0 Å². The molecule has 0 heterocycles. The minimum absolute atomic E-state index is 0.209. The molecule has 31 heavy (non-hydrogen) atoms. The van der Waals surface area contributed by atoms with Gasteiger partial charge in [0.25, 0.3) is 0 Å². The average molecular weight is 435 g/mol. The van der Waals surface area contributed by atoms with Gasteiger partial charge in [0, 0.05) is 0 Å². The first-order chi connectivity index (χ1) is 14.5. The molecule has 4 aliphatic carbocycles. The second-order valence-corrected chi connectivity index (χ2v) is 12.9. The first kappa shape index (κ1) is 23.5. The quantitative estimate of drug-likeness (QED) is 0.556. The lowest BCUT2D eigenvalue weighted by molar-refractivity contribution is -0.142. The SMILES string of the molecule is C[C@@H]1[C@H]2C[C@H](O)CC[C@@](C)(C2)C2CC[C@@]3(C)C(CC[C@@H]3[C@H](C)C[C@H](C)C(=O)O)C2[C@@H]1O. The zero-order valence-electron chi connectivity index (χ0n) is 20.4. The summed E-state index contributed by atoms with van der Waals surface area (Å²) in [6.45, 7) is 11.3.